The summed E-state index contributed by atoms with van der Waals surface area (Å²) < 4.78 is 0. The average Bonchev–Trinajstić information content (AvgIpc) is 3.05. The Hall–Kier alpha value is -0.770. The number of aromatic nitrogens is 2. The van der Waals surface area contributed by atoms with Crippen LogP contribution < -0.4 is 5.73 Å². The molecular weight excluding hydrogens is 230 g/mol. The Morgan fingerprint density at radius 1 is 1.24 bits per heavy atom. The second-order valence-electron chi connectivity index (χ2n) is 5.12. The van der Waals surface area contributed by atoms with Gasteiger partial charge in [-0.2, -0.15) is 11.8 Å². The Labute approximate surface area is 107 Å². The van der Waals surface area contributed by atoms with Crippen molar-refractivity contribution in [3.63, 3.8) is 0 Å². The first-order chi connectivity index (χ1) is 8.33. The molecule has 0 aromatic carbocycles. The zero-order valence-electron chi connectivity index (χ0n) is 10.1. The van der Waals surface area contributed by atoms with Crippen molar-refractivity contribution in [2.45, 2.75) is 55.4 Å². The maximum atomic E-state index is 5.92. The SMILES string of the molecule is Nc1cnc(CSC2CCCC2)nc1C1CC1. The van der Waals surface area contributed by atoms with Gasteiger partial charge in [0.2, 0.25) is 0 Å². The summed E-state index contributed by atoms with van der Waals surface area (Å²) in [5, 5.41) is 0.834. The van der Waals surface area contributed by atoms with E-state index in [1.165, 1.54) is 38.5 Å². The largest absolute Gasteiger partial charge is 0.396 e. The van der Waals surface area contributed by atoms with Gasteiger partial charge in [-0.05, 0) is 25.7 Å². The highest BCUT2D eigenvalue weighted by molar-refractivity contribution is 7.99. The number of hydrogen-bond donors (Lipinski definition) is 1. The van der Waals surface area contributed by atoms with Crippen LogP contribution in [0.3, 0.4) is 0 Å². The molecule has 0 amide bonds. The third kappa shape index (κ3) is 2.73. The molecule has 1 heterocycles. The molecule has 0 radical (unpaired) electrons. The van der Waals surface area contributed by atoms with Crippen molar-refractivity contribution in [1.82, 2.24) is 9.97 Å². The van der Waals surface area contributed by atoms with E-state index in [4.69, 9.17) is 5.73 Å². The molecule has 0 unspecified atom stereocenters. The Morgan fingerprint density at radius 3 is 2.71 bits per heavy atom. The summed E-state index contributed by atoms with van der Waals surface area (Å²) in [6.45, 7) is 0. The highest BCUT2D eigenvalue weighted by Gasteiger charge is 2.27. The average molecular weight is 249 g/mol. The standard InChI is InChI=1S/C13H19N3S/c14-11-7-15-12(16-13(11)9-5-6-9)8-17-10-3-1-2-4-10/h7,9-10H,1-6,8,14H2. The maximum Gasteiger partial charge on any atom is 0.138 e. The number of rotatable bonds is 4. The van der Waals surface area contributed by atoms with E-state index in [2.05, 4.69) is 9.97 Å². The second kappa shape index (κ2) is 4.84. The van der Waals surface area contributed by atoms with Gasteiger partial charge in [0.1, 0.15) is 5.82 Å². The van der Waals surface area contributed by atoms with Gasteiger partial charge in [0.25, 0.3) is 0 Å². The van der Waals surface area contributed by atoms with Crippen molar-refractivity contribution < 1.29 is 0 Å². The van der Waals surface area contributed by atoms with Gasteiger partial charge in [-0.3, -0.25) is 0 Å². The lowest BCUT2D eigenvalue weighted by molar-refractivity contribution is 0.886. The van der Waals surface area contributed by atoms with E-state index in [1.54, 1.807) is 6.20 Å². The van der Waals surface area contributed by atoms with Gasteiger partial charge in [-0.25, -0.2) is 9.97 Å². The number of nitrogens with zero attached hydrogens (tertiary/aromatic N) is 2. The third-order valence-corrected chi connectivity index (χ3v) is 4.98. The van der Waals surface area contributed by atoms with Crippen LogP contribution in [0.25, 0.3) is 0 Å². The van der Waals surface area contributed by atoms with Crippen molar-refractivity contribution in [3.8, 4) is 0 Å². The number of nitrogen functional groups attached to an aromatic ring is 1. The Morgan fingerprint density at radius 2 is 2.00 bits per heavy atom. The third-order valence-electron chi connectivity index (χ3n) is 3.61. The Kier molecular flexibility index (Phi) is 3.23. The zero-order chi connectivity index (χ0) is 11.7. The first-order valence-electron chi connectivity index (χ1n) is 6.56. The number of anilines is 1. The van der Waals surface area contributed by atoms with Crippen LogP contribution in [0.5, 0.6) is 0 Å². The van der Waals surface area contributed by atoms with E-state index >= 15 is 0 Å². The molecule has 4 heteroatoms. The summed E-state index contributed by atoms with van der Waals surface area (Å²) in [5.74, 6) is 2.54. The van der Waals surface area contributed by atoms with Crippen LogP contribution in [0.2, 0.25) is 0 Å². The number of hydrogen-bond acceptors (Lipinski definition) is 4. The molecule has 0 aliphatic heterocycles. The predicted octanol–water partition coefficient (Wildman–Crippen LogP) is 3.11. The van der Waals surface area contributed by atoms with Gasteiger partial charge in [0.15, 0.2) is 0 Å². The van der Waals surface area contributed by atoms with Crippen molar-refractivity contribution in [1.29, 1.82) is 0 Å². The van der Waals surface area contributed by atoms with Gasteiger partial charge in [0, 0.05) is 11.2 Å². The molecule has 17 heavy (non-hydrogen) atoms. The van der Waals surface area contributed by atoms with Crippen LogP contribution in [0, 0.1) is 0 Å². The van der Waals surface area contributed by atoms with Gasteiger partial charge < -0.3 is 5.73 Å². The molecule has 0 bridgehead atoms. The minimum atomic E-state index is 0.619. The van der Waals surface area contributed by atoms with Crippen molar-refractivity contribution >= 4 is 17.4 Å². The number of thioether (sulfide) groups is 1. The minimum Gasteiger partial charge on any atom is -0.396 e. The van der Waals surface area contributed by atoms with E-state index in [0.717, 1.165) is 28.2 Å². The van der Waals surface area contributed by atoms with Crippen molar-refractivity contribution in [2.75, 3.05) is 5.73 Å². The molecule has 0 spiro atoms. The van der Waals surface area contributed by atoms with Crippen LogP contribution in [-0.2, 0) is 5.75 Å². The molecule has 92 valence electrons. The molecule has 2 saturated carbocycles. The van der Waals surface area contributed by atoms with Crippen LogP contribution in [0.15, 0.2) is 6.20 Å². The van der Waals surface area contributed by atoms with Gasteiger partial charge in [-0.1, -0.05) is 12.8 Å². The molecular formula is C13H19N3S. The summed E-state index contributed by atoms with van der Waals surface area (Å²) >= 11 is 2.02. The molecule has 3 rings (SSSR count). The normalized spacial score (nSPS) is 20.9. The van der Waals surface area contributed by atoms with Gasteiger partial charge in [0.05, 0.1) is 23.3 Å². The van der Waals surface area contributed by atoms with Crippen LogP contribution >= 0.6 is 11.8 Å². The summed E-state index contributed by atoms with van der Waals surface area (Å²) in [6, 6.07) is 0. The summed E-state index contributed by atoms with van der Waals surface area (Å²) in [7, 11) is 0. The molecule has 2 fully saturated rings. The lowest BCUT2D eigenvalue weighted by atomic mass is 10.2. The molecule has 2 aliphatic rings. The molecule has 3 nitrogen and oxygen atoms in total. The molecule has 1 aromatic heterocycles. The number of nitrogens with two attached hydrogens (primary N) is 1. The lowest BCUT2D eigenvalue weighted by Crippen LogP contribution is -2.04. The van der Waals surface area contributed by atoms with E-state index in [-0.39, 0.29) is 0 Å². The summed E-state index contributed by atoms with van der Waals surface area (Å²) in [5.41, 5.74) is 7.80. The zero-order valence-corrected chi connectivity index (χ0v) is 10.9. The molecule has 0 saturated heterocycles. The summed E-state index contributed by atoms with van der Waals surface area (Å²) in [6.07, 6.45) is 9.82. The van der Waals surface area contributed by atoms with E-state index < -0.39 is 0 Å². The first kappa shape index (κ1) is 11.3. The first-order valence-corrected chi connectivity index (χ1v) is 7.60. The smallest absolute Gasteiger partial charge is 0.138 e. The minimum absolute atomic E-state index is 0.619. The van der Waals surface area contributed by atoms with Crippen LogP contribution in [0.4, 0.5) is 5.69 Å². The van der Waals surface area contributed by atoms with Crippen molar-refractivity contribution in [3.05, 3.63) is 17.7 Å². The highest BCUT2D eigenvalue weighted by atomic mass is 32.2. The van der Waals surface area contributed by atoms with Gasteiger partial charge in [-0.15, -0.1) is 0 Å². The highest BCUT2D eigenvalue weighted by Crippen LogP contribution is 2.41. The van der Waals surface area contributed by atoms with Gasteiger partial charge >= 0.3 is 0 Å². The monoisotopic (exact) mass is 249 g/mol. The fourth-order valence-electron chi connectivity index (χ4n) is 2.44. The lowest BCUT2D eigenvalue weighted by Gasteiger charge is -2.09. The predicted molar refractivity (Wildman–Crippen MR) is 72.0 cm³/mol. The van der Waals surface area contributed by atoms with E-state index in [9.17, 15) is 0 Å². The fraction of sp³-hybridized carbons (Fsp3) is 0.692. The topological polar surface area (TPSA) is 51.8 Å². The quantitative estimate of drug-likeness (QED) is 0.890. The maximum absolute atomic E-state index is 5.92. The Balaban J connectivity index is 1.63. The molecule has 2 aliphatic carbocycles. The fourth-order valence-corrected chi connectivity index (χ4v) is 3.63. The second-order valence-corrected chi connectivity index (χ2v) is 6.41. The molecule has 0 atom stereocenters. The summed E-state index contributed by atoms with van der Waals surface area (Å²) in [4.78, 5) is 8.99. The van der Waals surface area contributed by atoms with E-state index in [0.29, 0.717) is 5.92 Å². The van der Waals surface area contributed by atoms with Crippen LogP contribution in [0.1, 0.15) is 56.0 Å². The van der Waals surface area contributed by atoms with Crippen LogP contribution in [-0.4, -0.2) is 15.2 Å². The molecule has 1 aromatic rings. The van der Waals surface area contributed by atoms with Crippen molar-refractivity contribution in [2.24, 2.45) is 0 Å². The Bertz CT molecular complexity index is 398. The van der Waals surface area contributed by atoms with E-state index in [1.807, 2.05) is 11.8 Å². The molecule has 2 N–H and O–H groups in total.